The molecule has 0 atom stereocenters. The van der Waals surface area contributed by atoms with Crippen molar-refractivity contribution in [3.05, 3.63) is 51.5 Å². The standard InChI is InChI=1S/C17H18Cl2N2O2S/c1-10-4-5-11(6-12(10)18)9-20-17(24)21-14-8-15(22-2)13(19)7-16(14)23-3/h4-8H,9H2,1-3H3,(H2,20,21,24). The highest BCUT2D eigenvalue weighted by Crippen LogP contribution is 2.35. The van der Waals surface area contributed by atoms with Gasteiger partial charge in [0.25, 0.3) is 0 Å². The van der Waals surface area contributed by atoms with Gasteiger partial charge in [0.15, 0.2) is 5.11 Å². The van der Waals surface area contributed by atoms with Crippen LogP contribution >= 0.6 is 35.4 Å². The number of methoxy groups -OCH3 is 2. The molecule has 0 heterocycles. The third-order valence-electron chi connectivity index (χ3n) is 3.41. The maximum Gasteiger partial charge on any atom is 0.171 e. The highest BCUT2D eigenvalue weighted by atomic mass is 35.5. The minimum absolute atomic E-state index is 0.453. The second-order valence-corrected chi connectivity index (χ2v) is 6.30. The Morgan fingerprint density at radius 2 is 1.75 bits per heavy atom. The molecule has 128 valence electrons. The second-order valence-electron chi connectivity index (χ2n) is 5.08. The Hall–Kier alpha value is -1.69. The van der Waals surface area contributed by atoms with Crippen molar-refractivity contribution in [3.63, 3.8) is 0 Å². The smallest absolute Gasteiger partial charge is 0.171 e. The third-order valence-corrected chi connectivity index (χ3v) is 4.36. The molecule has 0 amide bonds. The van der Waals surface area contributed by atoms with Crippen molar-refractivity contribution in [1.29, 1.82) is 0 Å². The van der Waals surface area contributed by atoms with Gasteiger partial charge >= 0.3 is 0 Å². The molecule has 0 aliphatic heterocycles. The van der Waals surface area contributed by atoms with E-state index in [1.54, 1.807) is 26.4 Å². The molecule has 0 aliphatic rings. The highest BCUT2D eigenvalue weighted by Gasteiger charge is 2.11. The first-order valence-corrected chi connectivity index (χ1v) is 8.32. The van der Waals surface area contributed by atoms with Crippen LogP contribution in [0, 0.1) is 6.92 Å². The zero-order valence-corrected chi connectivity index (χ0v) is 15.9. The number of halogens is 2. The topological polar surface area (TPSA) is 42.5 Å². The summed E-state index contributed by atoms with van der Waals surface area (Å²) in [5, 5.41) is 7.87. The highest BCUT2D eigenvalue weighted by molar-refractivity contribution is 7.80. The van der Waals surface area contributed by atoms with Crippen LogP contribution in [0.2, 0.25) is 10.0 Å². The van der Waals surface area contributed by atoms with Crippen molar-refractivity contribution in [1.82, 2.24) is 5.32 Å². The quantitative estimate of drug-likeness (QED) is 0.724. The van der Waals surface area contributed by atoms with Gasteiger partial charge in [-0.25, -0.2) is 0 Å². The van der Waals surface area contributed by atoms with Crippen LogP contribution in [0.3, 0.4) is 0 Å². The fourth-order valence-electron chi connectivity index (χ4n) is 2.05. The summed E-state index contributed by atoms with van der Waals surface area (Å²) < 4.78 is 10.5. The molecule has 0 saturated carbocycles. The molecule has 7 heteroatoms. The van der Waals surface area contributed by atoms with Gasteiger partial charge in [-0.1, -0.05) is 35.3 Å². The first-order chi connectivity index (χ1) is 11.4. The van der Waals surface area contributed by atoms with Gasteiger partial charge in [0.1, 0.15) is 11.5 Å². The molecule has 0 spiro atoms. The van der Waals surface area contributed by atoms with Gasteiger partial charge in [0.2, 0.25) is 0 Å². The monoisotopic (exact) mass is 384 g/mol. The molecule has 2 aromatic rings. The van der Waals surface area contributed by atoms with Gasteiger partial charge in [0, 0.05) is 23.7 Å². The molecular formula is C17H18Cl2N2O2S. The van der Waals surface area contributed by atoms with E-state index in [9.17, 15) is 0 Å². The maximum absolute atomic E-state index is 6.13. The summed E-state index contributed by atoms with van der Waals surface area (Å²) in [6.45, 7) is 2.52. The molecule has 2 rings (SSSR count). The second kappa shape index (κ2) is 8.42. The first-order valence-electron chi connectivity index (χ1n) is 7.16. The van der Waals surface area contributed by atoms with Crippen LogP contribution in [0.15, 0.2) is 30.3 Å². The fraction of sp³-hybridized carbons (Fsp3) is 0.235. The van der Waals surface area contributed by atoms with Crippen molar-refractivity contribution in [2.45, 2.75) is 13.5 Å². The Morgan fingerprint density at radius 1 is 1.04 bits per heavy atom. The Kier molecular flexibility index (Phi) is 6.54. The zero-order chi connectivity index (χ0) is 17.7. The number of rotatable bonds is 5. The number of ether oxygens (including phenoxy) is 2. The van der Waals surface area contributed by atoms with Crippen LogP contribution in [-0.2, 0) is 6.54 Å². The van der Waals surface area contributed by atoms with Gasteiger partial charge in [0.05, 0.1) is 24.9 Å². The van der Waals surface area contributed by atoms with E-state index < -0.39 is 0 Å². The maximum atomic E-state index is 6.13. The van der Waals surface area contributed by atoms with Gasteiger partial charge in [-0.2, -0.15) is 0 Å². The predicted octanol–water partition coefficient (Wildman–Crippen LogP) is 4.81. The summed E-state index contributed by atoms with van der Waals surface area (Å²) in [4.78, 5) is 0. The summed E-state index contributed by atoms with van der Waals surface area (Å²) in [6.07, 6.45) is 0. The number of thiocarbonyl (C=S) groups is 1. The summed E-state index contributed by atoms with van der Waals surface area (Å²) in [5.41, 5.74) is 2.74. The first kappa shape index (κ1) is 18.6. The van der Waals surface area contributed by atoms with Crippen LogP contribution in [0.5, 0.6) is 11.5 Å². The lowest BCUT2D eigenvalue weighted by Crippen LogP contribution is -2.28. The molecule has 0 radical (unpaired) electrons. The number of aryl methyl sites for hydroxylation is 1. The molecule has 2 N–H and O–H groups in total. The van der Waals surface area contributed by atoms with E-state index in [1.807, 2.05) is 25.1 Å². The third kappa shape index (κ3) is 4.66. The Balaban J connectivity index is 2.05. The number of anilines is 1. The molecule has 2 aromatic carbocycles. The van der Waals surface area contributed by atoms with Crippen molar-refractivity contribution in [2.75, 3.05) is 19.5 Å². The minimum Gasteiger partial charge on any atom is -0.495 e. The average molecular weight is 385 g/mol. The molecular weight excluding hydrogens is 367 g/mol. The van der Waals surface area contributed by atoms with Crippen molar-refractivity contribution >= 4 is 46.2 Å². The molecule has 0 unspecified atom stereocenters. The summed E-state index contributed by atoms with van der Waals surface area (Å²) in [6, 6.07) is 9.30. The molecule has 0 aromatic heterocycles. The molecule has 0 bridgehead atoms. The van der Waals surface area contributed by atoms with E-state index in [4.69, 9.17) is 44.9 Å². The van der Waals surface area contributed by atoms with Gasteiger partial charge in [-0.15, -0.1) is 0 Å². The fourth-order valence-corrected chi connectivity index (χ4v) is 2.67. The van der Waals surface area contributed by atoms with Crippen LogP contribution in [0.1, 0.15) is 11.1 Å². The summed E-state index contributed by atoms with van der Waals surface area (Å²) >= 11 is 17.5. The van der Waals surface area contributed by atoms with Gasteiger partial charge < -0.3 is 20.1 Å². The van der Waals surface area contributed by atoms with Crippen molar-refractivity contribution < 1.29 is 9.47 Å². The number of nitrogens with one attached hydrogen (secondary N) is 2. The van der Waals surface area contributed by atoms with Crippen LogP contribution < -0.4 is 20.1 Å². The van der Waals surface area contributed by atoms with Crippen LogP contribution in [0.4, 0.5) is 5.69 Å². The van der Waals surface area contributed by atoms with Crippen molar-refractivity contribution in [2.24, 2.45) is 0 Å². The van der Waals surface area contributed by atoms with E-state index >= 15 is 0 Å². The summed E-state index contributed by atoms with van der Waals surface area (Å²) in [5.74, 6) is 1.11. The normalized spacial score (nSPS) is 10.2. The van der Waals surface area contributed by atoms with Gasteiger partial charge in [-0.05, 0) is 36.3 Å². The van der Waals surface area contributed by atoms with E-state index in [1.165, 1.54) is 0 Å². The molecule has 0 fully saturated rings. The zero-order valence-electron chi connectivity index (χ0n) is 13.6. The number of hydrogen-bond acceptors (Lipinski definition) is 3. The molecule has 0 aliphatic carbocycles. The lowest BCUT2D eigenvalue weighted by molar-refractivity contribution is 0.405. The molecule has 0 saturated heterocycles. The van der Waals surface area contributed by atoms with Crippen molar-refractivity contribution in [3.8, 4) is 11.5 Å². The Bertz CT molecular complexity index is 754. The van der Waals surface area contributed by atoms with E-state index in [-0.39, 0.29) is 0 Å². The van der Waals surface area contributed by atoms with E-state index in [0.29, 0.717) is 33.9 Å². The lowest BCUT2D eigenvalue weighted by atomic mass is 10.1. The average Bonchev–Trinajstić information content (AvgIpc) is 2.57. The van der Waals surface area contributed by atoms with Crippen LogP contribution in [-0.4, -0.2) is 19.3 Å². The lowest BCUT2D eigenvalue weighted by Gasteiger charge is -2.15. The van der Waals surface area contributed by atoms with E-state index in [0.717, 1.165) is 16.1 Å². The summed E-state index contributed by atoms with van der Waals surface area (Å²) in [7, 11) is 3.11. The Labute approximate surface area is 157 Å². The number of benzene rings is 2. The number of hydrogen-bond donors (Lipinski definition) is 2. The van der Waals surface area contributed by atoms with Gasteiger partial charge in [-0.3, -0.25) is 0 Å². The van der Waals surface area contributed by atoms with Crippen LogP contribution in [0.25, 0.3) is 0 Å². The molecule has 24 heavy (non-hydrogen) atoms. The SMILES string of the molecule is COc1cc(NC(=S)NCc2ccc(C)c(Cl)c2)c(OC)cc1Cl. The molecule has 4 nitrogen and oxygen atoms in total. The largest absolute Gasteiger partial charge is 0.495 e. The Morgan fingerprint density at radius 3 is 2.38 bits per heavy atom. The minimum atomic E-state index is 0.453. The van der Waals surface area contributed by atoms with E-state index in [2.05, 4.69) is 10.6 Å². The predicted molar refractivity (Wildman–Crippen MR) is 104 cm³/mol.